The van der Waals surface area contributed by atoms with Crippen LogP contribution in [0.5, 0.6) is 0 Å². The van der Waals surface area contributed by atoms with Gasteiger partial charge in [-0.15, -0.1) is 0 Å². The maximum absolute atomic E-state index is 12.5. The molecular weight excluding hydrogens is 308 g/mol. The Labute approximate surface area is 152 Å². The highest BCUT2D eigenvalue weighted by molar-refractivity contribution is 5.93. The number of benzene rings is 2. The lowest BCUT2D eigenvalue weighted by Crippen LogP contribution is -2.30. The highest BCUT2D eigenvalue weighted by Crippen LogP contribution is 2.22. The van der Waals surface area contributed by atoms with Gasteiger partial charge < -0.3 is 5.32 Å². The highest BCUT2D eigenvalue weighted by Gasteiger charge is 2.12. The summed E-state index contributed by atoms with van der Waals surface area (Å²) >= 11 is 0. The van der Waals surface area contributed by atoms with Crippen LogP contribution >= 0.6 is 0 Å². The standard InChI is InChI=1S/C22H30N2O/c1-5-17-11-13-18(14-12-17)15-24(4)16-21(25)23-22-19(6-2)9-8-10-20(22)7-3/h8-14H,5-7,15-16H2,1-4H3,(H,23,25). The minimum Gasteiger partial charge on any atom is -0.324 e. The number of carbonyl (C=O) groups is 1. The van der Waals surface area contributed by atoms with Gasteiger partial charge in [0.25, 0.3) is 0 Å². The van der Waals surface area contributed by atoms with Crippen LogP contribution in [-0.4, -0.2) is 24.4 Å². The van der Waals surface area contributed by atoms with E-state index in [0.29, 0.717) is 6.54 Å². The Kier molecular flexibility index (Phi) is 7.20. The van der Waals surface area contributed by atoms with Gasteiger partial charge in [-0.3, -0.25) is 9.69 Å². The SMILES string of the molecule is CCc1ccc(CN(C)CC(=O)Nc2c(CC)cccc2CC)cc1. The fraction of sp³-hybridized carbons (Fsp3) is 0.409. The van der Waals surface area contributed by atoms with E-state index in [2.05, 4.69) is 73.5 Å². The van der Waals surface area contributed by atoms with Crippen LogP contribution in [0.3, 0.4) is 0 Å². The molecule has 2 rings (SSSR count). The molecule has 0 spiro atoms. The smallest absolute Gasteiger partial charge is 0.238 e. The van der Waals surface area contributed by atoms with Crippen molar-refractivity contribution in [1.29, 1.82) is 0 Å². The molecule has 0 bridgehead atoms. The van der Waals surface area contributed by atoms with E-state index in [1.165, 1.54) is 22.3 Å². The lowest BCUT2D eigenvalue weighted by molar-refractivity contribution is -0.117. The molecule has 0 heterocycles. The number of nitrogens with one attached hydrogen (secondary N) is 1. The molecular formula is C22H30N2O. The summed E-state index contributed by atoms with van der Waals surface area (Å²) in [4.78, 5) is 14.5. The zero-order valence-corrected chi connectivity index (χ0v) is 15.9. The molecule has 0 radical (unpaired) electrons. The number of likely N-dealkylation sites (N-methyl/N-ethyl adjacent to an activating group) is 1. The number of hydrogen-bond donors (Lipinski definition) is 1. The number of anilines is 1. The minimum atomic E-state index is 0.0447. The van der Waals surface area contributed by atoms with Crippen molar-refractivity contribution in [1.82, 2.24) is 4.90 Å². The molecule has 0 saturated heterocycles. The molecule has 1 N–H and O–H groups in total. The number of nitrogens with zero attached hydrogens (tertiary/aromatic N) is 1. The normalized spacial score (nSPS) is 10.9. The molecule has 0 fully saturated rings. The van der Waals surface area contributed by atoms with Gasteiger partial charge in [-0.25, -0.2) is 0 Å². The number of rotatable bonds is 8. The molecule has 0 unspecified atom stereocenters. The second-order valence-electron chi connectivity index (χ2n) is 6.55. The third-order valence-electron chi connectivity index (χ3n) is 4.56. The van der Waals surface area contributed by atoms with E-state index in [1.54, 1.807) is 0 Å². The first-order valence-electron chi connectivity index (χ1n) is 9.24. The topological polar surface area (TPSA) is 32.3 Å². The first-order chi connectivity index (χ1) is 12.1. The summed E-state index contributed by atoms with van der Waals surface area (Å²) < 4.78 is 0. The lowest BCUT2D eigenvalue weighted by Gasteiger charge is -2.19. The number of para-hydroxylation sites is 1. The van der Waals surface area contributed by atoms with Gasteiger partial charge >= 0.3 is 0 Å². The third kappa shape index (κ3) is 5.43. The molecule has 2 aromatic rings. The summed E-state index contributed by atoms with van der Waals surface area (Å²) in [7, 11) is 1.99. The van der Waals surface area contributed by atoms with Crippen LogP contribution in [0.15, 0.2) is 42.5 Å². The van der Waals surface area contributed by atoms with E-state index >= 15 is 0 Å². The van der Waals surface area contributed by atoms with Gasteiger partial charge in [0.15, 0.2) is 0 Å². The number of aryl methyl sites for hydroxylation is 3. The molecule has 0 aliphatic rings. The molecule has 0 aliphatic heterocycles. The van der Waals surface area contributed by atoms with Gasteiger partial charge in [0.2, 0.25) is 5.91 Å². The Hall–Kier alpha value is -2.13. The zero-order valence-electron chi connectivity index (χ0n) is 15.9. The summed E-state index contributed by atoms with van der Waals surface area (Å²) in [6, 6.07) is 14.9. The Morgan fingerprint density at radius 1 is 0.880 bits per heavy atom. The minimum absolute atomic E-state index is 0.0447. The molecule has 134 valence electrons. The molecule has 0 aliphatic carbocycles. The van der Waals surface area contributed by atoms with Crippen LogP contribution in [0.1, 0.15) is 43.0 Å². The van der Waals surface area contributed by atoms with Gasteiger partial charge in [0.05, 0.1) is 6.54 Å². The fourth-order valence-corrected chi connectivity index (χ4v) is 3.08. The highest BCUT2D eigenvalue weighted by atomic mass is 16.2. The van der Waals surface area contributed by atoms with Gasteiger partial charge in [-0.1, -0.05) is 63.2 Å². The molecule has 0 aromatic heterocycles. The van der Waals surface area contributed by atoms with Crippen molar-refractivity contribution in [2.75, 3.05) is 18.9 Å². The van der Waals surface area contributed by atoms with E-state index in [1.807, 2.05) is 7.05 Å². The molecule has 3 heteroatoms. The van der Waals surface area contributed by atoms with Crippen molar-refractivity contribution < 1.29 is 4.79 Å². The average molecular weight is 338 g/mol. The zero-order chi connectivity index (χ0) is 18.2. The lowest BCUT2D eigenvalue weighted by atomic mass is 10.0. The van der Waals surface area contributed by atoms with Crippen molar-refractivity contribution in [2.24, 2.45) is 0 Å². The maximum Gasteiger partial charge on any atom is 0.238 e. The van der Waals surface area contributed by atoms with Crippen LogP contribution in [0, 0.1) is 0 Å². The molecule has 25 heavy (non-hydrogen) atoms. The van der Waals surface area contributed by atoms with Gasteiger partial charge in [0, 0.05) is 12.2 Å². The number of amides is 1. The second kappa shape index (κ2) is 9.38. The van der Waals surface area contributed by atoms with Crippen LogP contribution in [-0.2, 0) is 30.6 Å². The summed E-state index contributed by atoms with van der Waals surface area (Å²) in [5, 5.41) is 3.14. The maximum atomic E-state index is 12.5. The van der Waals surface area contributed by atoms with Crippen LogP contribution in [0.2, 0.25) is 0 Å². The monoisotopic (exact) mass is 338 g/mol. The van der Waals surface area contributed by atoms with Gasteiger partial charge in [0.1, 0.15) is 0 Å². The fourth-order valence-electron chi connectivity index (χ4n) is 3.08. The van der Waals surface area contributed by atoms with Crippen LogP contribution < -0.4 is 5.32 Å². The largest absolute Gasteiger partial charge is 0.324 e. The van der Waals surface area contributed by atoms with Crippen molar-refractivity contribution in [3.8, 4) is 0 Å². The van der Waals surface area contributed by atoms with Crippen molar-refractivity contribution in [3.05, 3.63) is 64.7 Å². The van der Waals surface area contributed by atoms with Crippen LogP contribution in [0.4, 0.5) is 5.69 Å². The molecule has 2 aromatic carbocycles. The van der Waals surface area contributed by atoms with Crippen LogP contribution in [0.25, 0.3) is 0 Å². The third-order valence-corrected chi connectivity index (χ3v) is 4.56. The van der Waals surface area contributed by atoms with Gasteiger partial charge in [-0.2, -0.15) is 0 Å². The second-order valence-corrected chi connectivity index (χ2v) is 6.55. The molecule has 3 nitrogen and oxygen atoms in total. The van der Waals surface area contributed by atoms with Crippen molar-refractivity contribution >= 4 is 11.6 Å². The summed E-state index contributed by atoms with van der Waals surface area (Å²) in [5.74, 6) is 0.0447. The number of carbonyl (C=O) groups excluding carboxylic acids is 1. The van der Waals surface area contributed by atoms with Crippen molar-refractivity contribution in [3.63, 3.8) is 0 Å². The van der Waals surface area contributed by atoms with E-state index in [4.69, 9.17) is 0 Å². The Morgan fingerprint density at radius 3 is 1.96 bits per heavy atom. The Balaban J connectivity index is 1.97. The Bertz CT molecular complexity index is 669. The quantitative estimate of drug-likeness (QED) is 0.771. The molecule has 1 amide bonds. The predicted molar refractivity (Wildman–Crippen MR) is 106 cm³/mol. The molecule has 0 atom stereocenters. The first kappa shape index (κ1) is 19.2. The average Bonchev–Trinajstić information content (AvgIpc) is 2.62. The van der Waals surface area contributed by atoms with E-state index in [0.717, 1.165) is 31.5 Å². The summed E-state index contributed by atoms with van der Waals surface area (Å²) in [6.07, 6.45) is 2.89. The van der Waals surface area contributed by atoms with Crippen molar-refractivity contribution in [2.45, 2.75) is 46.6 Å². The summed E-state index contributed by atoms with van der Waals surface area (Å²) in [5.41, 5.74) is 5.97. The predicted octanol–water partition coefficient (Wildman–Crippen LogP) is 4.44. The summed E-state index contributed by atoms with van der Waals surface area (Å²) in [6.45, 7) is 7.56. The first-order valence-corrected chi connectivity index (χ1v) is 9.24. The number of hydrogen-bond acceptors (Lipinski definition) is 2. The molecule has 0 saturated carbocycles. The van der Waals surface area contributed by atoms with E-state index in [-0.39, 0.29) is 5.91 Å². The van der Waals surface area contributed by atoms with Gasteiger partial charge in [-0.05, 0) is 48.6 Å². The van der Waals surface area contributed by atoms with E-state index in [9.17, 15) is 4.79 Å². The Morgan fingerprint density at radius 2 is 1.44 bits per heavy atom. The van der Waals surface area contributed by atoms with E-state index < -0.39 is 0 Å².